The van der Waals surface area contributed by atoms with Crippen molar-refractivity contribution in [2.45, 2.75) is 44.6 Å². The SMILES string of the molecule is CCC1CCC(O)(CNc2nc(NN)c(F)cc2F)CC1. The number of pyridine rings is 1. The summed E-state index contributed by atoms with van der Waals surface area (Å²) in [6.45, 7) is 2.33. The van der Waals surface area contributed by atoms with Crippen LogP contribution < -0.4 is 16.6 Å². The molecule has 1 aliphatic rings. The summed E-state index contributed by atoms with van der Waals surface area (Å²) >= 11 is 0. The Hall–Kier alpha value is -1.47. The molecular formula is C14H22F2N4O. The van der Waals surface area contributed by atoms with Crippen LogP contribution in [0.3, 0.4) is 0 Å². The number of nitrogens with one attached hydrogen (secondary N) is 2. The lowest BCUT2D eigenvalue weighted by Crippen LogP contribution is -2.40. The van der Waals surface area contributed by atoms with Crippen LogP contribution >= 0.6 is 0 Å². The molecule has 0 saturated heterocycles. The maximum atomic E-state index is 13.6. The molecule has 0 atom stereocenters. The van der Waals surface area contributed by atoms with Crippen LogP contribution in [0.25, 0.3) is 0 Å². The fraction of sp³-hybridized carbons (Fsp3) is 0.643. The van der Waals surface area contributed by atoms with Crippen molar-refractivity contribution < 1.29 is 13.9 Å². The van der Waals surface area contributed by atoms with Crippen LogP contribution in [-0.2, 0) is 0 Å². The van der Waals surface area contributed by atoms with E-state index < -0.39 is 17.2 Å². The molecule has 5 nitrogen and oxygen atoms in total. The summed E-state index contributed by atoms with van der Waals surface area (Å²) < 4.78 is 26.9. The predicted octanol–water partition coefficient (Wildman–Crippen LogP) is 2.39. The maximum absolute atomic E-state index is 13.6. The van der Waals surface area contributed by atoms with Gasteiger partial charge in [-0.3, -0.25) is 0 Å². The summed E-state index contributed by atoms with van der Waals surface area (Å²) in [6, 6.07) is 0.711. The van der Waals surface area contributed by atoms with Gasteiger partial charge in [-0.05, 0) is 31.6 Å². The van der Waals surface area contributed by atoms with Crippen LogP contribution in [0.5, 0.6) is 0 Å². The average molecular weight is 300 g/mol. The van der Waals surface area contributed by atoms with Crippen molar-refractivity contribution >= 4 is 11.6 Å². The maximum Gasteiger partial charge on any atom is 0.178 e. The minimum absolute atomic E-state index is 0.115. The second kappa shape index (κ2) is 6.53. The lowest BCUT2D eigenvalue weighted by Gasteiger charge is -2.36. The first kappa shape index (κ1) is 15.9. The zero-order chi connectivity index (χ0) is 15.5. The lowest BCUT2D eigenvalue weighted by atomic mass is 9.78. The molecule has 1 aliphatic carbocycles. The Kier molecular flexibility index (Phi) is 4.95. The Bertz CT molecular complexity index is 490. The van der Waals surface area contributed by atoms with Gasteiger partial charge in [0, 0.05) is 12.6 Å². The number of nitrogens with two attached hydrogens (primary N) is 1. The van der Waals surface area contributed by atoms with Crippen LogP contribution in [-0.4, -0.2) is 22.2 Å². The van der Waals surface area contributed by atoms with Crippen molar-refractivity contribution in [3.05, 3.63) is 17.7 Å². The molecular weight excluding hydrogens is 278 g/mol. The van der Waals surface area contributed by atoms with Crippen molar-refractivity contribution in [2.24, 2.45) is 11.8 Å². The Morgan fingerprint density at radius 1 is 1.33 bits per heavy atom. The first-order chi connectivity index (χ1) is 9.97. The van der Waals surface area contributed by atoms with Crippen molar-refractivity contribution in [2.75, 3.05) is 17.3 Å². The highest BCUT2D eigenvalue weighted by Gasteiger charge is 2.32. The molecule has 0 bridgehead atoms. The third kappa shape index (κ3) is 3.79. The molecule has 1 aromatic heterocycles. The van der Waals surface area contributed by atoms with Gasteiger partial charge in [0.2, 0.25) is 0 Å². The van der Waals surface area contributed by atoms with E-state index in [1.165, 1.54) is 0 Å². The first-order valence-electron chi connectivity index (χ1n) is 7.26. The molecule has 1 saturated carbocycles. The van der Waals surface area contributed by atoms with Gasteiger partial charge in [0.15, 0.2) is 23.3 Å². The molecule has 21 heavy (non-hydrogen) atoms. The van der Waals surface area contributed by atoms with E-state index in [2.05, 4.69) is 22.7 Å². The van der Waals surface area contributed by atoms with E-state index in [9.17, 15) is 13.9 Å². The number of nitrogen functional groups attached to an aromatic ring is 1. The third-order valence-corrected chi connectivity index (χ3v) is 4.26. The summed E-state index contributed by atoms with van der Waals surface area (Å²) in [5.41, 5.74) is 1.20. The van der Waals surface area contributed by atoms with Gasteiger partial charge in [-0.25, -0.2) is 19.6 Å². The summed E-state index contributed by atoms with van der Waals surface area (Å²) in [4.78, 5) is 3.73. The number of rotatable bonds is 5. The first-order valence-corrected chi connectivity index (χ1v) is 7.26. The van der Waals surface area contributed by atoms with E-state index in [1.54, 1.807) is 0 Å². The normalized spacial score (nSPS) is 25.7. The van der Waals surface area contributed by atoms with Crippen LogP contribution in [0.2, 0.25) is 0 Å². The summed E-state index contributed by atoms with van der Waals surface area (Å²) in [5.74, 6) is 3.75. The molecule has 1 heterocycles. The Balaban J connectivity index is 2.00. The summed E-state index contributed by atoms with van der Waals surface area (Å²) in [7, 11) is 0. The number of hydrogen-bond donors (Lipinski definition) is 4. The number of aromatic nitrogens is 1. The van der Waals surface area contributed by atoms with Gasteiger partial charge in [-0.1, -0.05) is 13.3 Å². The van der Waals surface area contributed by atoms with Crippen LogP contribution in [0.4, 0.5) is 20.4 Å². The topological polar surface area (TPSA) is 83.2 Å². The van der Waals surface area contributed by atoms with E-state index in [0.717, 1.165) is 19.3 Å². The average Bonchev–Trinajstić information content (AvgIpc) is 2.47. The third-order valence-electron chi connectivity index (χ3n) is 4.26. The van der Waals surface area contributed by atoms with Gasteiger partial charge in [-0.2, -0.15) is 0 Å². The summed E-state index contributed by atoms with van der Waals surface area (Å²) in [5, 5.41) is 13.3. The van der Waals surface area contributed by atoms with E-state index in [0.29, 0.717) is 24.8 Å². The Morgan fingerprint density at radius 2 is 1.95 bits per heavy atom. The molecule has 1 aromatic rings. The fourth-order valence-corrected chi connectivity index (χ4v) is 2.74. The van der Waals surface area contributed by atoms with Gasteiger partial charge in [0.05, 0.1) is 5.60 Å². The zero-order valence-electron chi connectivity index (χ0n) is 12.1. The second-order valence-electron chi connectivity index (χ2n) is 5.72. The monoisotopic (exact) mass is 300 g/mol. The smallest absolute Gasteiger partial charge is 0.178 e. The highest BCUT2D eigenvalue weighted by Crippen LogP contribution is 2.34. The zero-order valence-corrected chi connectivity index (χ0v) is 12.1. The number of halogens is 2. The van der Waals surface area contributed by atoms with Gasteiger partial charge < -0.3 is 15.8 Å². The standard InChI is InChI=1S/C14H22F2N4O/c1-2-9-3-5-14(21,6-4-9)8-18-12-10(15)7-11(16)13(19-12)20-17/h7,9,21H,2-6,8,17H2,1H3,(H2,18,19,20). The second-order valence-corrected chi connectivity index (χ2v) is 5.72. The molecule has 0 amide bonds. The largest absolute Gasteiger partial charge is 0.388 e. The molecule has 0 radical (unpaired) electrons. The van der Waals surface area contributed by atoms with Crippen LogP contribution in [0, 0.1) is 17.6 Å². The van der Waals surface area contributed by atoms with Gasteiger partial charge >= 0.3 is 0 Å². The quantitative estimate of drug-likeness (QED) is 0.496. The predicted molar refractivity (Wildman–Crippen MR) is 77.7 cm³/mol. The molecule has 2 rings (SSSR count). The van der Waals surface area contributed by atoms with E-state index in [4.69, 9.17) is 5.84 Å². The van der Waals surface area contributed by atoms with Gasteiger partial charge in [0.1, 0.15) is 0 Å². The van der Waals surface area contributed by atoms with Gasteiger partial charge in [0.25, 0.3) is 0 Å². The van der Waals surface area contributed by atoms with Crippen molar-refractivity contribution in [1.82, 2.24) is 4.98 Å². The molecule has 0 unspecified atom stereocenters. The highest BCUT2D eigenvalue weighted by atomic mass is 19.1. The molecule has 118 valence electrons. The van der Waals surface area contributed by atoms with E-state index in [-0.39, 0.29) is 18.2 Å². The Morgan fingerprint density at radius 3 is 2.52 bits per heavy atom. The number of anilines is 2. The van der Waals surface area contributed by atoms with E-state index in [1.807, 2.05) is 0 Å². The number of hydrogen-bond acceptors (Lipinski definition) is 5. The van der Waals surface area contributed by atoms with Gasteiger partial charge in [-0.15, -0.1) is 0 Å². The number of hydrazine groups is 1. The molecule has 7 heteroatoms. The van der Waals surface area contributed by atoms with Crippen molar-refractivity contribution in [3.63, 3.8) is 0 Å². The van der Waals surface area contributed by atoms with Crippen molar-refractivity contribution in [1.29, 1.82) is 0 Å². The fourth-order valence-electron chi connectivity index (χ4n) is 2.74. The molecule has 5 N–H and O–H groups in total. The molecule has 0 aliphatic heterocycles. The van der Waals surface area contributed by atoms with Crippen LogP contribution in [0.1, 0.15) is 39.0 Å². The minimum atomic E-state index is -0.871. The van der Waals surface area contributed by atoms with Crippen molar-refractivity contribution in [3.8, 4) is 0 Å². The minimum Gasteiger partial charge on any atom is -0.388 e. The van der Waals surface area contributed by atoms with Crippen LogP contribution in [0.15, 0.2) is 6.07 Å². The molecule has 1 fully saturated rings. The highest BCUT2D eigenvalue weighted by molar-refractivity contribution is 5.47. The molecule has 0 spiro atoms. The number of nitrogens with zero attached hydrogens (tertiary/aromatic N) is 1. The van der Waals surface area contributed by atoms with E-state index >= 15 is 0 Å². The molecule has 0 aromatic carbocycles. The number of aliphatic hydroxyl groups is 1. The Labute approximate surface area is 122 Å². The summed E-state index contributed by atoms with van der Waals surface area (Å²) in [6.07, 6.45) is 4.38. The lowest BCUT2D eigenvalue weighted by molar-refractivity contribution is 0.00218.